The molecule has 0 aromatic rings. The number of amides is 2. The molecule has 3 saturated carbocycles. The van der Waals surface area contributed by atoms with Gasteiger partial charge in [-0.15, -0.1) is 0 Å². The second-order valence-corrected chi connectivity index (χ2v) is 9.69. The summed E-state index contributed by atoms with van der Waals surface area (Å²) in [5.41, 5.74) is 2.67. The summed E-state index contributed by atoms with van der Waals surface area (Å²) in [5, 5.41) is 22.6. The lowest BCUT2D eigenvalue weighted by molar-refractivity contribution is -0.169. The van der Waals surface area contributed by atoms with Gasteiger partial charge in [-0.05, 0) is 52.4 Å². The van der Waals surface area contributed by atoms with Gasteiger partial charge in [0.05, 0.1) is 23.3 Å². The molecule has 6 heteroatoms. The van der Waals surface area contributed by atoms with Crippen molar-refractivity contribution in [1.29, 1.82) is 0 Å². The van der Waals surface area contributed by atoms with Crippen LogP contribution in [0.4, 0.5) is 0 Å². The summed E-state index contributed by atoms with van der Waals surface area (Å²) in [7, 11) is 0. The fraction of sp³-hybridized carbons (Fsp3) is 0.909. The van der Waals surface area contributed by atoms with Crippen LogP contribution in [0.1, 0.15) is 97.3 Å². The molecule has 3 fully saturated rings. The van der Waals surface area contributed by atoms with Crippen molar-refractivity contribution in [1.82, 2.24) is 4.90 Å². The number of rotatable bonds is 6. The van der Waals surface area contributed by atoms with Crippen molar-refractivity contribution in [3.05, 3.63) is 0 Å². The van der Waals surface area contributed by atoms with Crippen molar-refractivity contribution in [2.75, 3.05) is 0 Å². The van der Waals surface area contributed by atoms with E-state index in [2.05, 4.69) is 0 Å². The predicted molar refractivity (Wildman–Crippen MR) is 107 cm³/mol. The Morgan fingerprint density at radius 2 is 1.11 bits per heavy atom. The van der Waals surface area contributed by atoms with Gasteiger partial charge in [0, 0.05) is 0 Å². The maximum Gasteiger partial charge on any atom is 0.238 e. The van der Waals surface area contributed by atoms with Gasteiger partial charge in [0.1, 0.15) is 5.41 Å². The molecule has 160 valence electrons. The molecule has 0 spiro atoms. The molecule has 0 radical (unpaired) electrons. The van der Waals surface area contributed by atoms with Crippen LogP contribution in [-0.4, -0.2) is 50.2 Å². The molecule has 3 aliphatic rings. The normalized spacial score (nSPS) is 27.9. The molecular formula is C22H38N2O4. The van der Waals surface area contributed by atoms with Gasteiger partial charge in [0.2, 0.25) is 11.8 Å². The van der Waals surface area contributed by atoms with E-state index in [9.17, 15) is 19.8 Å². The summed E-state index contributed by atoms with van der Waals surface area (Å²) >= 11 is 0. The minimum absolute atomic E-state index is 0.277. The van der Waals surface area contributed by atoms with E-state index in [1.54, 1.807) is 4.90 Å². The number of carbonyl (C=O) groups is 2. The first kappa shape index (κ1) is 21.6. The zero-order valence-electron chi connectivity index (χ0n) is 17.6. The van der Waals surface area contributed by atoms with E-state index >= 15 is 0 Å². The lowest BCUT2D eigenvalue weighted by atomic mass is 9.71. The monoisotopic (exact) mass is 394 g/mol. The van der Waals surface area contributed by atoms with E-state index < -0.39 is 34.6 Å². The standard InChI is InChI=1S/C22H38N2O4/c1-16(21(27)12-6-7-13-21)24(17(2)22(28)14-8-9-15-22)19(26)20(18(23)25)10-4-3-5-11-20/h16-17,27-28H,3-15H2,1-2H3,(H2,23,25)/t16-,17-/m1/s1. The third-order valence-corrected chi connectivity index (χ3v) is 8.15. The number of aliphatic hydroxyl groups is 2. The third-order valence-electron chi connectivity index (χ3n) is 8.15. The van der Waals surface area contributed by atoms with E-state index in [4.69, 9.17) is 5.73 Å². The zero-order valence-corrected chi connectivity index (χ0v) is 17.6. The van der Waals surface area contributed by atoms with Crippen molar-refractivity contribution in [3.8, 4) is 0 Å². The van der Waals surface area contributed by atoms with Gasteiger partial charge in [-0.25, -0.2) is 0 Å². The zero-order chi connectivity index (χ0) is 20.6. The number of hydrogen-bond donors (Lipinski definition) is 3. The molecular weight excluding hydrogens is 356 g/mol. The Morgan fingerprint density at radius 3 is 1.46 bits per heavy atom. The summed E-state index contributed by atoms with van der Waals surface area (Å²) in [5.74, 6) is -0.834. The van der Waals surface area contributed by atoms with Gasteiger partial charge in [-0.3, -0.25) is 9.59 Å². The van der Waals surface area contributed by atoms with Crippen molar-refractivity contribution in [3.63, 3.8) is 0 Å². The summed E-state index contributed by atoms with van der Waals surface area (Å²) in [4.78, 5) is 28.1. The number of nitrogens with zero attached hydrogens (tertiary/aromatic N) is 1. The van der Waals surface area contributed by atoms with Gasteiger partial charge in [0.15, 0.2) is 0 Å². The Balaban J connectivity index is 1.99. The van der Waals surface area contributed by atoms with Crippen LogP contribution >= 0.6 is 0 Å². The second kappa shape index (κ2) is 7.94. The van der Waals surface area contributed by atoms with Crippen molar-refractivity contribution in [2.45, 2.75) is 121 Å². The quantitative estimate of drug-likeness (QED) is 0.602. The topological polar surface area (TPSA) is 104 Å². The highest BCUT2D eigenvalue weighted by molar-refractivity contribution is 6.04. The average molecular weight is 395 g/mol. The molecule has 3 aliphatic carbocycles. The Bertz CT molecular complexity index is 559. The van der Waals surface area contributed by atoms with Crippen molar-refractivity contribution < 1.29 is 19.8 Å². The molecule has 4 N–H and O–H groups in total. The molecule has 2 amide bonds. The summed E-state index contributed by atoms with van der Waals surface area (Å²) < 4.78 is 0. The second-order valence-electron chi connectivity index (χ2n) is 9.69. The lowest BCUT2D eigenvalue weighted by Crippen LogP contribution is -2.65. The van der Waals surface area contributed by atoms with E-state index in [1.807, 2.05) is 13.8 Å². The summed E-state index contributed by atoms with van der Waals surface area (Å²) in [6, 6.07) is -0.916. The summed E-state index contributed by atoms with van der Waals surface area (Å²) in [6.45, 7) is 3.77. The first-order valence-electron chi connectivity index (χ1n) is 11.2. The van der Waals surface area contributed by atoms with Gasteiger partial charge >= 0.3 is 0 Å². The van der Waals surface area contributed by atoms with Crippen LogP contribution in [-0.2, 0) is 9.59 Å². The van der Waals surface area contributed by atoms with Gasteiger partial charge < -0.3 is 20.8 Å². The number of carbonyl (C=O) groups excluding carboxylic acids is 2. The van der Waals surface area contributed by atoms with Crippen LogP contribution in [0.25, 0.3) is 0 Å². The first-order valence-corrected chi connectivity index (χ1v) is 11.2. The molecule has 2 atom stereocenters. The molecule has 0 aliphatic heterocycles. The van der Waals surface area contributed by atoms with Gasteiger partial charge in [-0.2, -0.15) is 0 Å². The third kappa shape index (κ3) is 3.58. The lowest BCUT2D eigenvalue weighted by Gasteiger charge is -2.50. The van der Waals surface area contributed by atoms with Crippen LogP contribution in [0, 0.1) is 5.41 Å². The van der Waals surface area contributed by atoms with Crippen LogP contribution in [0.15, 0.2) is 0 Å². The molecule has 0 saturated heterocycles. The van der Waals surface area contributed by atoms with Crippen molar-refractivity contribution >= 4 is 11.8 Å². The molecule has 6 nitrogen and oxygen atoms in total. The van der Waals surface area contributed by atoms with Gasteiger partial charge in [-0.1, -0.05) is 44.9 Å². The van der Waals surface area contributed by atoms with Crippen molar-refractivity contribution in [2.24, 2.45) is 11.1 Å². The number of nitrogens with two attached hydrogens (primary N) is 1. The van der Waals surface area contributed by atoms with Crippen LogP contribution < -0.4 is 5.73 Å². The Hall–Kier alpha value is -1.14. The predicted octanol–water partition coefficient (Wildman–Crippen LogP) is 2.64. The highest BCUT2D eigenvalue weighted by Gasteiger charge is 2.55. The van der Waals surface area contributed by atoms with E-state index in [-0.39, 0.29) is 5.91 Å². The average Bonchev–Trinajstić information content (AvgIpc) is 3.32. The fourth-order valence-electron chi connectivity index (χ4n) is 5.98. The Labute approximate surface area is 168 Å². The van der Waals surface area contributed by atoms with E-state index in [0.717, 1.165) is 44.9 Å². The van der Waals surface area contributed by atoms with E-state index in [1.165, 1.54) is 0 Å². The molecule has 0 aromatic carbocycles. The maximum atomic E-state index is 13.9. The minimum Gasteiger partial charge on any atom is -0.388 e. The molecule has 3 rings (SSSR count). The van der Waals surface area contributed by atoms with Crippen LogP contribution in [0.5, 0.6) is 0 Å². The molecule has 0 bridgehead atoms. The molecule has 0 heterocycles. The SMILES string of the molecule is C[C@@H](N(C(=O)C1(C(N)=O)CCCCC1)[C@H](C)C1(O)CCCC1)C1(O)CCCC1. The molecule has 28 heavy (non-hydrogen) atoms. The largest absolute Gasteiger partial charge is 0.388 e. The molecule has 0 unspecified atom stereocenters. The maximum absolute atomic E-state index is 13.9. The van der Waals surface area contributed by atoms with Crippen LogP contribution in [0.2, 0.25) is 0 Å². The number of primary amides is 1. The molecule has 0 aromatic heterocycles. The minimum atomic E-state index is -1.20. The first-order chi connectivity index (χ1) is 13.2. The smallest absolute Gasteiger partial charge is 0.238 e. The summed E-state index contributed by atoms with van der Waals surface area (Å²) in [6.07, 6.45) is 9.86. The van der Waals surface area contributed by atoms with Gasteiger partial charge in [0.25, 0.3) is 0 Å². The highest BCUT2D eigenvalue weighted by Crippen LogP contribution is 2.44. The fourth-order valence-corrected chi connectivity index (χ4v) is 5.98. The van der Waals surface area contributed by atoms with E-state index in [0.29, 0.717) is 38.5 Å². The Morgan fingerprint density at radius 1 is 0.750 bits per heavy atom. The Kier molecular flexibility index (Phi) is 6.12. The van der Waals surface area contributed by atoms with Crippen LogP contribution in [0.3, 0.4) is 0 Å². The number of hydrogen-bond acceptors (Lipinski definition) is 4. The highest BCUT2D eigenvalue weighted by atomic mass is 16.3.